The molecule has 2 rings (SSSR count). The first kappa shape index (κ1) is 11.8. The van der Waals surface area contributed by atoms with Gasteiger partial charge in [0.05, 0.1) is 0 Å². The number of aromatic nitrogens is 2. The highest BCUT2D eigenvalue weighted by molar-refractivity contribution is 5.81. The van der Waals surface area contributed by atoms with Crippen LogP contribution in [0.4, 0.5) is 0 Å². The maximum atomic E-state index is 11.5. The number of pyridine rings is 1. The first-order chi connectivity index (χ1) is 8.58. The van der Waals surface area contributed by atoms with Gasteiger partial charge in [-0.15, -0.1) is 0 Å². The third-order valence-electron chi connectivity index (χ3n) is 2.10. The molecule has 94 valence electrons. The van der Waals surface area contributed by atoms with Crippen LogP contribution in [0.15, 0.2) is 27.5 Å². The van der Waals surface area contributed by atoms with E-state index in [1.165, 1.54) is 13.1 Å². The summed E-state index contributed by atoms with van der Waals surface area (Å²) < 4.78 is 5.98. The largest absolute Gasteiger partial charge is 0.421 e. The van der Waals surface area contributed by atoms with E-state index in [1.54, 1.807) is 12.1 Å². The maximum absolute atomic E-state index is 11.5. The Bertz CT molecular complexity index is 657. The fraction of sp³-hybridized carbons (Fsp3) is 0.200. The summed E-state index contributed by atoms with van der Waals surface area (Å²) in [4.78, 5) is 37.5. The molecule has 8 nitrogen and oxygen atoms in total. The highest BCUT2D eigenvalue weighted by atomic mass is 16.4. The zero-order chi connectivity index (χ0) is 13.1. The van der Waals surface area contributed by atoms with E-state index in [0.717, 1.165) is 4.57 Å². The van der Waals surface area contributed by atoms with Crippen LogP contribution in [0.2, 0.25) is 0 Å². The number of oxazole rings is 1. The highest BCUT2D eigenvalue weighted by Gasteiger charge is 2.13. The molecule has 0 aliphatic rings. The molecule has 0 saturated heterocycles. The van der Waals surface area contributed by atoms with Gasteiger partial charge in [0.2, 0.25) is 5.91 Å². The van der Waals surface area contributed by atoms with Crippen LogP contribution >= 0.6 is 0 Å². The summed E-state index contributed by atoms with van der Waals surface area (Å²) in [6.45, 7) is 0.963. The van der Waals surface area contributed by atoms with E-state index in [-0.39, 0.29) is 12.2 Å². The Kier molecular flexibility index (Phi) is 3.09. The van der Waals surface area contributed by atoms with Gasteiger partial charge in [-0.25, -0.2) is 14.3 Å². The number of nitrogens with zero attached hydrogens (tertiary/aromatic N) is 2. The van der Waals surface area contributed by atoms with Crippen LogP contribution in [-0.4, -0.2) is 21.4 Å². The molecular weight excluding hydrogens is 240 g/mol. The Hall–Kier alpha value is -2.64. The third-order valence-corrected chi connectivity index (χ3v) is 2.10. The number of carbonyl (C=O) groups excluding carboxylic acids is 2. The number of hydrogen-bond donors (Lipinski definition) is 2. The van der Waals surface area contributed by atoms with Crippen molar-refractivity contribution in [1.82, 2.24) is 20.4 Å². The molecule has 0 unspecified atom stereocenters. The standard InChI is InChI=1S/C10H10N4O4/c1-6(15)12-13-8(16)5-14-9-7(18-10(14)17)3-2-4-11-9/h2-4H,5H2,1H3,(H,12,15)(H,13,16). The van der Waals surface area contributed by atoms with E-state index >= 15 is 0 Å². The zero-order valence-corrected chi connectivity index (χ0v) is 9.47. The number of carbonyl (C=O) groups is 2. The van der Waals surface area contributed by atoms with Crippen molar-refractivity contribution in [2.75, 3.05) is 0 Å². The second-order valence-corrected chi connectivity index (χ2v) is 3.51. The lowest BCUT2D eigenvalue weighted by molar-refractivity contribution is -0.128. The molecule has 0 aromatic carbocycles. The number of nitrogens with one attached hydrogen (secondary N) is 2. The Balaban J connectivity index is 2.21. The van der Waals surface area contributed by atoms with Gasteiger partial charge in [-0.3, -0.25) is 20.4 Å². The monoisotopic (exact) mass is 250 g/mol. The van der Waals surface area contributed by atoms with Gasteiger partial charge in [0.1, 0.15) is 6.54 Å². The van der Waals surface area contributed by atoms with Gasteiger partial charge in [-0.05, 0) is 12.1 Å². The van der Waals surface area contributed by atoms with Crippen LogP contribution < -0.4 is 16.6 Å². The van der Waals surface area contributed by atoms with Crippen LogP contribution in [0.1, 0.15) is 6.92 Å². The lowest BCUT2D eigenvalue weighted by atomic mass is 10.4. The minimum Gasteiger partial charge on any atom is -0.406 e. The van der Waals surface area contributed by atoms with Crippen molar-refractivity contribution in [3.8, 4) is 0 Å². The maximum Gasteiger partial charge on any atom is 0.421 e. The molecule has 0 radical (unpaired) electrons. The Morgan fingerprint density at radius 1 is 1.44 bits per heavy atom. The molecule has 2 aromatic rings. The van der Waals surface area contributed by atoms with Gasteiger partial charge < -0.3 is 4.42 Å². The molecule has 8 heteroatoms. The molecule has 2 amide bonds. The molecule has 0 spiro atoms. The Morgan fingerprint density at radius 2 is 2.22 bits per heavy atom. The van der Waals surface area contributed by atoms with Gasteiger partial charge in [-0.2, -0.15) is 0 Å². The quantitative estimate of drug-likeness (QED) is 0.676. The Labute approximate surface area is 101 Å². The number of hydrazine groups is 1. The first-order valence-corrected chi connectivity index (χ1v) is 5.07. The minimum atomic E-state index is -0.679. The first-order valence-electron chi connectivity index (χ1n) is 5.07. The molecule has 0 fully saturated rings. The van der Waals surface area contributed by atoms with Crippen molar-refractivity contribution in [1.29, 1.82) is 0 Å². The normalized spacial score (nSPS) is 10.3. The van der Waals surface area contributed by atoms with Crippen molar-refractivity contribution in [3.63, 3.8) is 0 Å². The van der Waals surface area contributed by atoms with Gasteiger partial charge in [0, 0.05) is 13.1 Å². The second kappa shape index (κ2) is 4.70. The topological polar surface area (TPSA) is 106 Å². The van der Waals surface area contributed by atoms with Crippen LogP contribution in [0.3, 0.4) is 0 Å². The lowest BCUT2D eigenvalue weighted by Crippen LogP contribution is -2.42. The van der Waals surface area contributed by atoms with Crippen LogP contribution in [0.25, 0.3) is 11.2 Å². The molecule has 2 aromatic heterocycles. The van der Waals surface area contributed by atoms with Gasteiger partial charge >= 0.3 is 5.76 Å². The summed E-state index contributed by atoms with van der Waals surface area (Å²) >= 11 is 0. The van der Waals surface area contributed by atoms with E-state index in [0.29, 0.717) is 5.58 Å². The van der Waals surface area contributed by atoms with Gasteiger partial charge in [0.25, 0.3) is 5.91 Å². The zero-order valence-electron chi connectivity index (χ0n) is 9.47. The van der Waals surface area contributed by atoms with E-state index in [4.69, 9.17) is 4.42 Å². The van der Waals surface area contributed by atoms with Crippen molar-refractivity contribution in [3.05, 3.63) is 28.9 Å². The molecule has 2 heterocycles. The SMILES string of the molecule is CC(=O)NNC(=O)Cn1c(=O)oc2cccnc21. The van der Waals surface area contributed by atoms with Crippen LogP contribution in [0.5, 0.6) is 0 Å². The molecular formula is C10H10N4O4. The Morgan fingerprint density at radius 3 is 2.94 bits per heavy atom. The number of amides is 2. The fourth-order valence-electron chi connectivity index (χ4n) is 1.38. The molecule has 0 aliphatic heterocycles. The molecule has 2 N–H and O–H groups in total. The van der Waals surface area contributed by atoms with E-state index in [9.17, 15) is 14.4 Å². The minimum absolute atomic E-state index is 0.278. The summed E-state index contributed by atoms with van der Waals surface area (Å²) in [5.41, 5.74) is 4.84. The van der Waals surface area contributed by atoms with Crippen molar-refractivity contribution < 1.29 is 14.0 Å². The molecule has 0 saturated carbocycles. The smallest absolute Gasteiger partial charge is 0.406 e. The third kappa shape index (κ3) is 2.37. The average molecular weight is 250 g/mol. The molecule has 18 heavy (non-hydrogen) atoms. The van der Waals surface area contributed by atoms with Crippen molar-refractivity contribution in [2.45, 2.75) is 13.5 Å². The lowest BCUT2D eigenvalue weighted by Gasteiger charge is -2.04. The molecule has 0 aliphatic carbocycles. The van der Waals surface area contributed by atoms with E-state index < -0.39 is 17.6 Å². The van der Waals surface area contributed by atoms with E-state index in [1.807, 2.05) is 0 Å². The predicted molar refractivity (Wildman–Crippen MR) is 60.2 cm³/mol. The number of hydrogen-bond acceptors (Lipinski definition) is 5. The highest BCUT2D eigenvalue weighted by Crippen LogP contribution is 2.07. The van der Waals surface area contributed by atoms with Crippen molar-refractivity contribution in [2.24, 2.45) is 0 Å². The number of fused-ring (bicyclic) bond motifs is 1. The van der Waals surface area contributed by atoms with Crippen LogP contribution in [0, 0.1) is 0 Å². The molecule has 0 bridgehead atoms. The van der Waals surface area contributed by atoms with E-state index in [2.05, 4.69) is 15.8 Å². The number of rotatable bonds is 2. The summed E-state index contributed by atoms with van der Waals surface area (Å²) in [6, 6.07) is 3.19. The molecule has 0 atom stereocenters. The van der Waals surface area contributed by atoms with Crippen LogP contribution in [-0.2, 0) is 16.1 Å². The van der Waals surface area contributed by atoms with Gasteiger partial charge in [-0.1, -0.05) is 0 Å². The summed E-state index contributed by atoms with van der Waals surface area (Å²) in [5, 5.41) is 0. The second-order valence-electron chi connectivity index (χ2n) is 3.51. The van der Waals surface area contributed by atoms with Gasteiger partial charge in [0.15, 0.2) is 11.2 Å². The summed E-state index contributed by atoms with van der Waals surface area (Å²) in [7, 11) is 0. The fourth-order valence-corrected chi connectivity index (χ4v) is 1.38. The predicted octanol–water partition coefficient (Wildman–Crippen LogP) is -0.843. The summed E-state index contributed by atoms with van der Waals surface area (Å²) in [5.74, 6) is -1.65. The van der Waals surface area contributed by atoms with Crippen molar-refractivity contribution >= 4 is 23.0 Å². The summed E-state index contributed by atoms with van der Waals surface area (Å²) in [6.07, 6.45) is 1.49. The average Bonchev–Trinajstić information content (AvgIpc) is 2.64.